The van der Waals surface area contributed by atoms with Gasteiger partial charge in [0.15, 0.2) is 0 Å². The molecule has 0 aliphatic carbocycles. The zero-order valence-corrected chi connectivity index (χ0v) is 10.0. The van der Waals surface area contributed by atoms with Crippen LogP contribution < -0.4 is 5.73 Å². The van der Waals surface area contributed by atoms with Crippen LogP contribution in [0, 0.1) is 6.92 Å². The standard InChI is InChI=1S/C12H17NOS/c1-8-3-4-12(10(13)7-8)15-11-5-6-14-9(11)2/h3-4,7,9,11H,5-6,13H2,1-2H3. The van der Waals surface area contributed by atoms with Gasteiger partial charge in [0.05, 0.1) is 6.10 Å². The minimum Gasteiger partial charge on any atom is -0.398 e. The van der Waals surface area contributed by atoms with Crippen molar-refractivity contribution in [2.45, 2.75) is 36.5 Å². The van der Waals surface area contributed by atoms with Crippen molar-refractivity contribution in [1.82, 2.24) is 0 Å². The maximum atomic E-state index is 5.98. The highest BCUT2D eigenvalue weighted by Crippen LogP contribution is 2.35. The lowest BCUT2D eigenvalue weighted by Crippen LogP contribution is -2.13. The van der Waals surface area contributed by atoms with E-state index in [0.717, 1.165) is 18.7 Å². The van der Waals surface area contributed by atoms with E-state index in [2.05, 4.69) is 26.0 Å². The van der Waals surface area contributed by atoms with Crippen LogP contribution in [0.1, 0.15) is 18.9 Å². The second-order valence-corrected chi connectivity index (χ2v) is 5.34. The third kappa shape index (κ3) is 2.47. The van der Waals surface area contributed by atoms with Gasteiger partial charge in [0.2, 0.25) is 0 Å². The molecule has 1 saturated heterocycles. The number of hydrogen-bond acceptors (Lipinski definition) is 3. The number of nitrogen functional groups attached to an aromatic ring is 1. The summed E-state index contributed by atoms with van der Waals surface area (Å²) in [4.78, 5) is 1.18. The first-order chi connectivity index (χ1) is 7.16. The highest BCUT2D eigenvalue weighted by molar-refractivity contribution is 8.00. The molecule has 0 amide bonds. The number of thioether (sulfide) groups is 1. The Bertz CT molecular complexity index is 353. The Morgan fingerprint density at radius 3 is 2.87 bits per heavy atom. The fourth-order valence-electron chi connectivity index (χ4n) is 1.81. The Hall–Kier alpha value is -0.670. The molecule has 3 heteroatoms. The Labute approximate surface area is 95.2 Å². The van der Waals surface area contributed by atoms with Crippen molar-refractivity contribution >= 4 is 17.4 Å². The van der Waals surface area contributed by atoms with Crippen LogP contribution in [0.25, 0.3) is 0 Å². The topological polar surface area (TPSA) is 35.2 Å². The van der Waals surface area contributed by atoms with Crippen molar-refractivity contribution in [3.63, 3.8) is 0 Å². The summed E-state index contributed by atoms with van der Waals surface area (Å²) in [5.41, 5.74) is 8.09. The summed E-state index contributed by atoms with van der Waals surface area (Å²) in [7, 11) is 0. The molecular weight excluding hydrogens is 206 g/mol. The molecule has 0 spiro atoms. The molecule has 0 radical (unpaired) electrons. The Morgan fingerprint density at radius 2 is 2.27 bits per heavy atom. The molecule has 0 bridgehead atoms. The lowest BCUT2D eigenvalue weighted by Gasteiger charge is -2.14. The Kier molecular flexibility index (Phi) is 3.22. The van der Waals surface area contributed by atoms with Crippen LogP contribution >= 0.6 is 11.8 Å². The quantitative estimate of drug-likeness (QED) is 0.783. The molecule has 82 valence electrons. The average Bonchev–Trinajstić information content (AvgIpc) is 2.57. The van der Waals surface area contributed by atoms with Crippen LogP contribution in [0.15, 0.2) is 23.1 Å². The first-order valence-electron chi connectivity index (χ1n) is 5.31. The van der Waals surface area contributed by atoms with Gasteiger partial charge in [-0.25, -0.2) is 0 Å². The van der Waals surface area contributed by atoms with E-state index in [1.54, 1.807) is 0 Å². The van der Waals surface area contributed by atoms with Crippen LogP contribution in [0.3, 0.4) is 0 Å². The van der Waals surface area contributed by atoms with Gasteiger partial charge in [0, 0.05) is 22.4 Å². The van der Waals surface area contributed by atoms with Crippen molar-refractivity contribution in [3.05, 3.63) is 23.8 Å². The van der Waals surface area contributed by atoms with Gasteiger partial charge < -0.3 is 10.5 Å². The van der Waals surface area contributed by atoms with E-state index in [1.165, 1.54) is 10.5 Å². The number of ether oxygens (including phenoxy) is 1. The molecule has 2 atom stereocenters. The molecule has 1 aliphatic heterocycles. The maximum Gasteiger partial charge on any atom is 0.0669 e. The predicted octanol–water partition coefficient (Wildman–Crippen LogP) is 2.85. The van der Waals surface area contributed by atoms with Crippen LogP contribution in [-0.4, -0.2) is 18.0 Å². The lowest BCUT2D eigenvalue weighted by molar-refractivity contribution is 0.127. The molecule has 0 saturated carbocycles. The minimum absolute atomic E-state index is 0.343. The van der Waals surface area contributed by atoms with E-state index >= 15 is 0 Å². The number of anilines is 1. The zero-order valence-electron chi connectivity index (χ0n) is 9.19. The van der Waals surface area contributed by atoms with E-state index in [9.17, 15) is 0 Å². The molecule has 1 aliphatic rings. The van der Waals surface area contributed by atoms with E-state index < -0.39 is 0 Å². The first kappa shape index (κ1) is 10.8. The largest absolute Gasteiger partial charge is 0.398 e. The molecule has 0 aromatic heterocycles. The van der Waals surface area contributed by atoms with Gasteiger partial charge in [0.1, 0.15) is 0 Å². The highest BCUT2D eigenvalue weighted by Gasteiger charge is 2.25. The molecule has 1 heterocycles. The van der Waals surface area contributed by atoms with E-state index in [-0.39, 0.29) is 0 Å². The van der Waals surface area contributed by atoms with Gasteiger partial charge in [-0.2, -0.15) is 0 Å². The van der Waals surface area contributed by atoms with Crippen LogP contribution in [0.2, 0.25) is 0 Å². The third-order valence-electron chi connectivity index (χ3n) is 2.75. The minimum atomic E-state index is 0.343. The third-order valence-corrected chi connectivity index (χ3v) is 4.30. The van der Waals surface area contributed by atoms with Crippen molar-refractivity contribution in [2.24, 2.45) is 0 Å². The molecule has 1 aromatic carbocycles. The average molecular weight is 223 g/mol. The van der Waals surface area contributed by atoms with Crippen LogP contribution in [0.4, 0.5) is 5.69 Å². The SMILES string of the molecule is Cc1ccc(SC2CCOC2C)c(N)c1. The summed E-state index contributed by atoms with van der Waals surface area (Å²) >= 11 is 1.84. The van der Waals surface area contributed by atoms with Gasteiger partial charge >= 0.3 is 0 Å². The molecule has 1 aromatic rings. The van der Waals surface area contributed by atoms with Crippen LogP contribution in [-0.2, 0) is 4.74 Å². The molecule has 2 N–H and O–H groups in total. The summed E-state index contributed by atoms with van der Waals surface area (Å²) < 4.78 is 5.54. The van der Waals surface area contributed by atoms with E-state index in [0.29, 0.717) is 11.4 Å². The van der Waals surface area contributed by atoms with Gasteiger partial charge in [0.25, 0.3) is 0 Å². The molecule has 2 nitrogen and oxygen atoms in total. The second-order valence-electron chi connectivity index (χ2n) is 4.06. The summed E-state index contributed by atoms with van der Waals surface area (Å²) in [6.45, 7) is 5.08. The molecule has 15 heavy (non-hydrogen) atoms. The number of aryl methyl sites for hydroxylation is 1. The highest BCUT2D eigenvalue weighted by atomic mass is 32.2. The smallest absolute Gasteiger partial charge is 0.0669 e. The fraction of sp³-hybridized carbons (Fsp3) is 0.500. The maximum absolute atomic E-state index is 5.98. The van der Waals surface area contributed by atoms with E-state index in [4.69, 9.17) is 10.5 Å². The predicted molar refractivity (Wildman–Crippen MR) is 65.3 cm³/mol. The zero-order chi connectivity index (χ0) is 10.8. The van der Waals surface area contributed by atoms with Gasteiger partial charge in [-0.05, 0) is 38.0 Å². The molecule has 1 fully saturated rings. The number of hydrogen-bond donors (Lipinski definition) is 1. The van der Waals surface area contributed by atoms with Crippen molar-refractivity contribution in [3.8, 4) is 0 Å². The van der Waals surface area contributed by atoms with Crippen molar-refractivity contribution in [2.75, 3.05) is 12.3 Å². The summed E-state index contributed by atoms with van der Waals surface area (Å²) in [6.07, 6.45) is 1.47. The summed E-state index contributed by atoms with van der Waals surface area (Å²) in [6, 6.07) is 6.25. The van der Waals surface area contributed by atoms with Crippen molar-refractivity contribution in [1.29, 1.82) is 0 Å². The summed E-state index contributed by atoms with van der Waals surface area (Å²) in [5, 5.41) is 0.551. The van der Waals surface area contributed by atoms with Gasteiger partial charge in [-0.15, -0.1) is 11.8 Å². The normalized spacial score (nSPS) is 25.7. The van der Waals surface area contributed by atoms with E-state index in [1.807, 2.05) is 17.8 Å². The van der Waals surface area contributed by atoms with Gasteiger partial charge in [-0.3, -0.25) is 0 Å². The second kappa shape index (κ2) is 4.45. The van der Waals surface area contributed by atoms with Gasteiger partial charge in [-0.1, -0.05) is 6.07 Å². The first-order valence-corrected chi connectivity index (χ1v) is 6.19. The Balaban J connectivity index is 2.10. The monoisotopic (exact) mass is 223 g/mol. The molecule has 2 unspecified atom stereocenters. The van der Waals surface area contributed by atoms with Crippen molar-refractivity contribution < 1.29 is 4.74 Å². The lowest BCUT2D eigenvalue weighted by atomic mass is 10.2. The summed E-state index contributed by atoms with van der Waals surface area (Å²) in [5.74, 6) is 0. The number of rotatable bonds is 2. The number of benzene rings is 1. The molecule has 2 rings (SSSR count). The van der Waals surface area contributed by atoms with Crippen LogP contribution in [0.5, 0.6) is 0 Å². The fourth-order valence-corrected chi connectivity index (χ4v) is 2.96. The Morgan fingerprint density at radius 1 is 1.47 bits per heavy atom. The molecular formula is C12H17NOS. The number of nitrogens with two attached hydrogens (primary N) is 1.